The van der Waals surface area contributed by atoms with E-state index < -0.39 is 0 Å². The van der Waals surface area contributed by atoms with Gasteiger partial charge in [0.15, 0.2) is 0 Å². The van der Waals surface area contributed by atoms with Crippen LogP contribution in [0.3, 0.4) is 0 Å². The monoisotopic (exact) mass is 281 g/mol. The van der Waals surface area contributed by atoms with Gasteiger partial charge in [0.05, 0.1) is 16.7 Å². The molecule has 2 atom stereocenters. The lowest BCUT2D eigenvalue weighted by Crippen LogP contribution is -2.35. The van der Waals surface area contributed by atoms with Crippen LogP contribution in [0.5, 0.6) is 0 Å². The summed E-state index contributed by atoms with van der Waals surface area (Å²) in [4.78, 5) is 17.6. The second-order valence-electron chi connectivity index (χ2n) is 5.39. The second-order valence-corrected chi connectivity index (χ2v) is 6.62. The highest BCUT2D eigenvalue weighted by atomic mass is 32.1. The van der Waals surface area contributed by atoms with Crippen LogP contribution in [0.25, 0.3) is 0 Å². The van der Waals surface area contributed by atoms with Gasteiger partial charge in [0, 0.05) is 11.3 Å². The minimum absolute atomic E-state index is 0.0650. The Hall–Kier alpha value is -0.940. The molecule has 2 N–H and O–H groups in total. The maximum Gasteiger partial charge on any atom is 0.220 e. The number of carbonyl (C=O) groups is 1. The van der Waals surface area contributed by atoms with E-state index in [1.807, 2.05) is 20.8 Å². The van der Waals surface area contributed by atoms with Crippen LogP contribution in [-0.2, 0) is 4.79 Å². The highest BCUT2D eigenvalue weighted by molar-refractivity contribution is 7.11. The van der Waals surface area contributed by atoms with Crippen LogP contribution in [0.2, 0.25) is 0 Å². The molecule has 19 heavy (non-hydrogen) atoms. The largest absolute Gasteiger partial charge is 0.349 e. The van der Waals surface area contributed by atoms with Crippen LogP contribution in [0.15, 0.2) is 0 Å². The standard InChI is InChI=1S/C14H23N3OS/c1-9-14(19-11(3)16-9)10(2)17-13(18)7-12-5-4-6-15-8-12/h10,12,15H,4-8H2,1-3H3,(H,17,18). The maximum absolute atomic E-state index is 12.1. The number of hydrogen-bond acceptors (Lipinski definition) is 4. The molecule has 106 valence electrons. The molecule has 1 amide bonds. The zero-order valence-corrected chi connectivity index (χ0v) is 12.8. The Labute approximate surface area is 119 Å². The highest BCUT2D eigenvalue weighted by Gasteiger charge is 2.19. The maximum atomic E-state index is 12.1. The van der Waals surface area contributed by atoms with Gasteiger partial charge in [0.2, 0.25) is 5.91 Å². The van der Waals surface area contributed by atoms with Gasteiger partial charge in [0.1, 0.15) is 0 Å². The molecule has 1 aromatic rings. The quantitative estimate of drug-likeness (QED) is 0.890. The second kappa shape index (κ2) is 6.48. The fourth-order valence-corrected chi connectivity index (χ4v) is 3.61. The number of thiazole rings is 1. The van der Waals surface area contributed by atoms with E-state index in [-0.39, 0.29) is 11.9 Å². The number of amides is 1. The lowest BCUT2D eigenvalue weighted by atomic mass is 9.96. The van der Waals surface area contributed by atoms with Crippen molar-refractivity contribution < 1.29 is 4.79 Å². The molecule has 0 aromatic carbocycles. The number of nitrogens with zero attached hydrogens (tertiary/aromatic N) is 1. The Morgan fingerprint density at radius 1 is 1.58 bits per heavy atom. The Kier molecular flexibility index (Phi) is 4.93. The van der Waals surface area contributed by atoms with Gasteiger partial charge in [-0.3, -0.25) is 4.79 Å². The number of aromatic nitrogens is 1. The van der Waals surface area contributed by atoms with Crippen LogP contribution >= 0.6 is 11.3 Å². The average Bonchev–Trinajstić information content (AvgIpc) is 2.69. The molecule has 0 bridgehead atoms. The smallest absolute Gasteiger partial charge is 0.220 e. The summed E-state index contributed by atoms with van der Waals surface area (Å²) in [6.07, 6.45) is 2.97. The molecule has 0 saturated carbocycles. The van der Waals surface area contributed by atoms with E-state index in [9.17, 15) is 4.79 Å². The molecule has 2 heterocycles. The van der Waals surface area contributed by atoms with Gasteiger partial charge < -0.3 is 10.6 Å². The van der Waals surface area contributed by atoms with E-state index >= 15 is 0 Å². The summed E-state index contributed by atoms with van der Waals surface area (Å²) in [6.45, 7) is 8.11. The molecule has 1 aliphatic rings. The van der Waals surface area contributed by atoms with Crippen LogP contribution in [0, 0.1) is 19.8 Å². The molecule has 0 aliphatic carbocycles. The van der Waals surface area contributed by atoms with Crippen LogP contribution in [0.4, 0.5) is 0 Å². The first-order valence-electron chi connectivity index (χ1n) is 7.00. The topological polar surface area (TPSA) is 54.0 Å². The van der Waals surface area contributed by atoms with Crippen molar-refractivity contribution in [2.45, 2.75) is 46.1 Å². The summed E-state index contributed by atoms with van der Waals surface area (Å²) in [5.74, 6) is 0.650. The van der Waals surface area contributed by atoms with Crippen molar-refractivity contribution in [2.75, 3.05) is 13.1 Å². The first-order valence-corrected chi connectivity index (χ1v) is 7.82. The Morgan fingerprint density at radius 2 is 2.37 bits per heavy atom. The molecule has 1 saturated heterocycles. The lowest BCUT2D eigenvalue weighted by molar-refractivity contribution is -0.122. The van der Waals surface area contributed by atoms with Gasteiger partial charge in [0.25, 0.3) is 0 Å². The Morgan fingerprint density at radius 3 is 2.95 bits per heavy atom. The van der Waals surface area contributed by atoms with Crippen molar-refractivity contribution in [3.05, 3.63) is 15.6 Å². The number of aryl methyl sites for hydroxylation is 2. The Balaban J connectivity index is 1.86. The number of nitrogens with one attached hydrogen (secondary N) is 2. The summed E-state index contributed by atoms with van der Waals surface area (Å²) < 4.78 is 0. The fourth-order valence-electron chi connectivity index (χ4n) is 2.68. The number of carbonyl (C=O) groups excluding carboxylic acids is 1. The van der Waals surface area contributed by atoms with Gasteiger partial charge in [-0.15, -0.1) is 11.3 Å². The number of piperidine rings is 1. The average molecular weight is 281 g/mol. The number of hydrogen-bond donors (Lipinski definition) is 2. The predicted octanol–water partition coefficient (Wildman–Crippen LogP) is 2.33. The van der Waals surface area contributed by atoms with Gasteiger partial charge in [-0.2, -0.15) is 0 Å². The summed E-state index contributed by atoms with van der Waals surface area (Å²) >= 11 is 1.67. The molecule has 1 fully saturated rings. The zero-order chi connectivity index (χ0) is 13.8. The molecular weight excluding hydrogens is 258 g/mol. The third-order valence-electron chi connectivity index (χ3n) is 3.58. The fraction of sp³-hybridized carbons (Fsp3) is 0.714. The van der Waals surface area contributed by atoms with E-state index in [1.165, 1.54) is 11.3 Å². The predicted molar refractivity (Wildman–Crippen MR) is 78.4 cm³/mol. The SMILES string of the molecule is Cc1nc(C)c(C(C)NC(=O)CC2CCCNC2)s1. The summed E-state index contributed by atoms with van der Waals surface area (Å²) in [7, 11) is 0. The first kappa shape index (κ1) is 14.5. The molecule has 1 aromatic heterocycles. The summed E-state index contributed by atoms with van der Waals surface area (Å²) in [5, 5.41) is 7.51. The van der Waals surface area contributed by atoms with Crippen molar-refractivity contribution in [3.63, 3.8) is 0 Å². The van der Waals surface area contributed by atoms with Crippen molar-refractivity contribution in [1.29, 1.82) is 0 Å². The van der Waals surface area contributed by atoms with E-state index in [4.69, 9.17) is 0 Å². The summed E-state index contributed by atoms with van der Waals surface area (Å²) in [5.41, 5.74) is 1.04. The van der Waals surface area contributed by atoms with Gasteiger partial charge >= 0.3 is 0 Å². The molecule has 5 heteroatoms. The normalized spacial score (nSPS) is 21.1. The van der Waals surface area contributed by atoms with E-state index in [2.05, 4.69) is 15.6 Å². The van der Waals surface area contributed by atoms with Gasteiger partial charge in [-0.05, 0) is 52.6 Å². The molecule has 0 spiro atoms. The van der Waals surface area contributed by atoms with Crippen molar-refractivity contribution >= 4 is 17.2 Å². The minimum Gasteiger partial charge on any atom is -0.349 e. The third kappa shape index (κ3) is 4.01. The van der Waals surface area contributed by atoms with E-state index in [1.54, 1.807) is 11.3 Å². The number of rotatable bonds is 4. The van der Waals surface area contributed by atoms with Crippen LogP contribution in [0.1, 0.15) is 47.8 Å². The van der Waals surface area contributed by atoms with Gasteiger partial charge in [-0.25, -0.2) is 4.98 Å². The van der Waals surface area contributed by atoms with E-state index in [0.29, 0.717) is 12.3 Å². The molecule has 2 unspecified atom stereocenters. The molecular formula is C14H23N3OS. The Bertz CT molecular complexity index is 438. The molecule has 1 aliphatic heterocycles. The summed E-state index contributed by atoms with van der Waals surface area (Å²) in [6, 6.07) is 0.0650. The minimum atomic E-state index is 0.0650. The van der Waals surface area contributed by atoms with Crippen molar-refractivity contribution in [3.8, 4) is 0 Å². The molecule has 4 nitrogen and oxygen atoms in total. The molecule has 2 rings (SSSR count). The van der Waals surface area contributed by atoms with Crippen molar-refractivity contribution in [1.82, 2.24) is 15.6 Å². The third-order valence-corrected chi connectivity index (χ3v) is 4.84. The highest BCUT2D eigenvalue weighted by Crippen LogP contribution is 2.24. The lowest BCUT2D eigenvalue weighted by Gasteiger charge is -2.23. The first-order chi connectivity index (χ1) is 9.06. The molecule has 0 radical (unpaired) electrons. The van der Waals surface area contributed by atoms with E-state index in [0.717, 1.165) is 30.2 Å². The van der Waals surface area contributed by atoms with Crippen molar-refractivity contribution in [2.24, 2.45) is 5.92 Å². The zero-order valence-electron chi connectivity index (χ0n) is 12.0. The van der Waals surface area contributed by atoms with Crippen LogP contribution < -0.4 is 10.6 Å². The van der Waals surface area contributed by atoms with Gasteiger partial charge in [-0.1, -0.05) is 0 Å². The van der Waals surface area contributed by atoms with Crippen LogP contribution in [-0.4, -0.2) is 24.0 Å².